The van der Waals surface area contributed by atoms with Gasteiger partial charge in [-0.05, 0) is 34.3 Å². The lowest BCUT2D eigenvalue weighted by molar-refractivity contribution is 0.0606. The number of thiophene rings is 1. The summed E-state index contributed by atoms with van der Waals surface area (Å²) in [5.41, 5.74) is 0. The Morgan fingerprint density at radius 1 is 1.57 bits per heavy atom. The molecule has 21 heavy (non-hydrogen) atoms. The Morgan fingerprint density at radius 2 is 2.24 bits per heavy atom. The Hall–Kier alpha value is -0.480. The molecule has 1 aromatic heterocycles. The standard InChI is InChI=1S/C12H16BrNO5S2/c1-7-6-14(4-3-8(7)15)21(17,18)10-5-9(12(16)19-2)20-11(10)13/h5,7-8,15H,3-4,6H2,1-2H3. The van der Waals surface area contributed by atoms with Crippen molar-refractivity contribution in [1.29, 1.82) is 0 Å². The number of hydrogen-bond donors (Lipinski definition) is 1. The van der Waals surface area contributed by atoms with Crippen LogP contribution in [0.2, 0.25) is 0 Å². The van der Waals surface area contributed by atoms with Crippen LogP contribution in [0.3, 0.4) is 0 Å². The molecule has 1 saturated heterocycles. The van der Waals surface area contributed by atoms with Gasteiger partial charge < -0.3 is 9.84 Å². The first-order valence-electron chi connectivity index (χ1n) is 6.33. The monoisotopic (exact) mass is 397 g/mol. The maximum atomic E-state index is 12.7. The zero-order valence-electron chi connectivity index (χ0n) is 11.6. The molecule has 0 bridgehead atoms. The molecule has 0 amide bonds. The number of sulfonamides is 1. The van der Waals surface area contributed by atoms with Crippen LogP contribution in [-0.2, 0) is 14.8 Å². The maximum Gasteiger partial charge on any atom is 0.348 e. The summed E-state index contributed by atoms with van der Waals surface area (Å²) >= 11 is 4.23. The molecule has 2 atom stereocenters. The first-order valence-corrected chi connectivity index (χ1v) is 9.38. The molecule has 6 nitrogen and oxygen atoms in total. The molecule has 2 unspecified atom stereocenters. The van der Waals surface area contributed by atoms with E-state index in [1.165, 1.54) is 17.5 Å². The van der Waals surface area contributed by atoms with Gasteiger partial charge in [-0.15, -0.1) is 11.3 Å². The van der Waals surface area contributed by atoms with Crippen molar-refractivity contribution in [3.8, 4) is 0 Å². The average Bonchev–Trinajstić information content (AvgIpc) is 2.83. The van der Waals surface area contributed by atoms with Crippen molar-refractivity contribution in [1.82, 2.24) is 4.31 Å². The highest BCUT2D eigenvalue weighted by Crippen LogP contribution is 2.35. The third kappa shape index (κ3) is 3.31. The molecule has 2 rings (SSSR count). The number of halogens is 1. The van der Waals surface area contributed by atoms with E-state index in [1.807, 2.05) is 6.92 Å². The van der Waals surface area contributed by atoms with Crippen LogP contribution in [0.15, 0.2) is 14.7 Å². The lowest BCUT2D eigenvalue weighted by Gasteiger charge is -2.33. The summed E-state index contributed by atoms with van der Waals surface area (Å²) in [5, 5.41) is 9.71. The fraction of sp³-hybridized carbons (Fsp3) is 0.583. The molecule has 2 heterocycles. The number of nitrogens with zero attached hydrogens (tertiary/aromatic N) is 1. The molecular formula is C12H16BrNO5S2. The molecule has 0 aliphatic carbocycles. The van der Waals surface area contributed by atoms with Crippen LogP contribution >= 0.6 is 27.3 Å². The van der Waals surface area contributed by atoms with Crippen molar-refractivity contribution in [3.63, 3.8) is 0 Å². The predicted molar refractivity (Wildman–Crippen MR) is 81.9 cm³/mol. The van der Waals surface area contributed by atoms with E-state index in [0.717, 1.165) is 11.3 Å². The minimum atomic E-state index is -3.69. The molecule has 1 N–H and O–H groups in total. The number of hydrogen-bond acceptors (Lipinski definition) is 6. The van der Waals surface area contributed by atoms with Gasteiger partial charge in [0.1, 0.15) is 9.77 Å². The second-order valence-corrected chi connectivity index (χ2v) is 9.21. The average molecular weight is 398 g/mol. The Bertz CT molecular complexity index is 642. The minimum absolute atomic E-state index is 0.0662. The molecule has 118 valence electrons. The minimum Gasteiger partial charge on any atom is -0.465 e. The normalized spacial score (nSPS) is 24.0. The largest absolute Gasteiger partial charge is 0.465 e. The summed E-state index contributed by atoms with van der Waals surface area (Å²) in [6.45, 7) is 2.35. The number of ether oxygens (including phenoxy) is 1. The van der Waals surface area contributed by atoms with Crippen LogP contribution in [0.4, 0.5) is 0 Å². The number of methoxy groups -OCH3 is 1. The Kier molecular flexibility index (Phi) is 5.09. The van der Waals surface area contributed by atoms with Gasteiger partial charge in [-0.1, -0.05) is 6.92 Å². The molecule has 9 heteroatoms. The van der Waals surface area contributed by atoms with Gasteiger partial charge in [0.15, 0.2) is 0 Å². The zero-order valence-corrected chi connectivity index (χ0v) is 14.8. The summed E-state index contributed by atoms with van der Waals surface area (Å²) < 4.78 is 31.6. The topological polar surface area (TPSA) is 83.9 Å². The number of aliphatic hydroxyl groups is 1. The van der Waals surface area contributed by atoms with Crippen LogP contribution in [0, 0.1) is 5.92 Å². The summed E-state index contributed by atoms with van der Waals surface area (Å²) in [6, 6.07) is 1.33. The number of rotatable bonds is 3. The second-order valence-electron chi connectivity index (χ2n) is 4.94. The lowest BCUT2D eigenvalue weighted by Crippen LogP contribution is -2.44. The summed E-state index contributed by atoms with van der Waals surface area (Å²) in [4.78, 5) is 11.8. The first kappa shape index (κ1) is 16.9. The van der Waals surface area contributed by atoms with E-state index in [4.69, 9.17) is 0 Å². The van der Waals surface area contributed by atoms with Crippen molar-refractivity contribution in [3.05, 3.63) is 14.7 Å². The summed E-state index contributed by atoms with van der Waals surface area (Å²) in [5.74, 6) is -0.685. The van der Waals surface area contributed by atoms with Gasteiger partial charge in [0.2, 0.25) is 10.0 Å². The molecule has 1 aliphatic heterocycles. The van der Waals surface area contributed by atoms with Gasteiger partial charge in [-0.25, -0.2) is 13.2 Å². The highest BCUT2D eigenvalue weighted by Gasteiger charge is 2.35. The third-order valence-electron chi connectivity index (χ3n) is 3.48. The third-order valence-corrected chi connectivity index (χ3v) is 7.58. The molecule has 1 aliphatic rings. The van der Waals surface area contributed by atoms with Crippen molar-refractivity contribution < 1.29 is 23.1 Å². The number of carbonyl (C=O) groups excluding carboxylic acids is 1. The quantitative estimate of drug-likeness (QED) is 0.784. The SMILES string of the molecule is COC(=O)c1cc(S(=O)(=O)N2CCC(O)C(C)C2)c(Br)s1. The molecule has 1 aromatic rings. The van der Waals surface area contributed by atoms with Crippen LogP contribution in [0.5, 0.6) is 0 Å². The van der Waals surface area contributed by atoms with Crippen molar-refractivity contribution >= 4 is 43.3 Å². The van der Waals surface area contributed by atoms with E-state index in [1.54, 1.807) is 0 Å². The fourth-order valence-electron chi connectivity index (χ4n) is 2.18. The Balaban J connectivity index is 2.32. The summed E-state index contributed by atoms with van der Waals surface area (Å²) in [7, 11) is -2.44. The van der Waals surface area contributed by atoms with Gasteiger partial charge in [-0.2, -0.15) is 4.31 Å². The number of piperidine rings is 1. The van der Waals surface area contributed by atoms with E-state index in [2.05, 4.69) is 20.7 Å². The zero-order chi connectivity index (χ0) is 15.8. The van der Waals surface area contributed by atoms with Crippen molar-refractivity contribution in [2.75, 3.05) is 20.2 Å². The van der Waals surface area contributed by atoms with E-state index in [9.17, 15) is 18.3 Å². The van der Waals surface area contributed by atoms with Crippen LogP contribution < -0.4 is 0 Å². The van der Waals surface area contributed by atoms with Gasteiger partial charge in [0.05, 0.1) is 17.0 Å². The highest BCUT2D eigenvalue weighted by atomic mass is 79.9. The number of aliphatic hydroxyl groups excluding tert-OH is 1. The van der Waals surface area contributed by atoms with Crippen molar-refractivity contribution in [2.24, 2.45) is 5.92 Å². The van der Waals surface area contributed by atoms with E-state index in [-0.39, 0.29) is 28.8 Å². The van der Waals surface area contributed by atoms with Crippen molar-refractivity contribution in [2.45, 2.75) is 24.3 Å². The second kappa shape index (κ2) is 6.33. The molecule has 0 saturated carbocycles. The molecule has 0 spiro atoms. The molecule has 0 radical (unpaired) electrons. The van der Waals surface area contributed by atoms with Gasteiger partial charge in [0, 0.05) is 13.1 Å². The molecule has 1 fully saturated rings. The molecular weight excluding hydrogens is 382 g/mol. The highest BCUT2D eigenvalue weighted by molar-refractivity contribution is 9.11. The summed E-state index contributed by atoms with van der Waals surface area (Å²) in [6.07, 6.45) is -0.0700. The van der Waals surface area contributed by atoms with Gasteiger partial charge in [0.25, 0.3) is 0 Å². The number of carbonyl (C=O) groups is 1. The smallest absolute Gasteiger partial charge is 0.348 e. The van der Waals surface area contributed by atoms with Crippen LogP contribution in [-0.4, -0.2) is 50.1 Å². The Labute approximate surface area is 135 Å². The van der Waals surface area contributed by atoms with Crippen LogP contribution in [0.25, 0.3) is 0 Å². The lowest BCUT2D eigenvalue weighted by atomic mass is 9.99. The predicted octanol–water partition coefficient (Wildman–Crippen LogP) is 1.69. The van der Waals surface area contributed by atoms with E-state index < -0.39 is 22.1 Å². The Morgan fingerprint density at radius 3 is 2.81 bits per heavy atom. The van der Waals surface area contributed by atoms with Crippen LogP contribution in [0.1, 0.15) is 23.0 Å². The fourth-order valence-corrected chi connectivity index (χ4v) is 6.17. The first-order chi connectivity index (χ1) is 9.77. The van der Waals surface area contributed by atoms with E-state index in [0.29, 0.717) is 10.2 Å². The van der Waals surface area contributed by atoms with E-state index >= 15 is 0 Å². The number of esters is 1. The van der Waals surface area contributed by atoms with Gasteiger partial charge in [-0.3, -0.25) is 0 Å². The van der Waals surface area contributed by atoms with Gasteiger partial charge >= 0.3 is 5.97 Å². The maximum absolute atomic E-state index is 12.7. The molecule has 0 aromatic carbocycles.